The van der Waals surface area contributed by atoms with E-state index in [1.54, 1.807) is 30.5 Å². The smallest absolute Gasteiger partial charge is 0.278 e. The van der Waals surface area contributed by atoms with Gasteiger partial charge in [-0.05, 0) is 36.8 Å². The van der Waals surface area contributed by atoms with Gasteiger partial charge in [-0.2, -0.15) is 8.78 Å². The summed E-state index contributed by atoms with van der Waals surface area (Å²) in [6.07, 6.45) is 0.130. The maximum Gasteiger partial charge on any atom is 0.278 e. The maximum atomic E-state index is 14.0. The Bertz CT molecular complexity index is 1090. The zero-order valence-corrected chi connectivity index (χ0v) is 14.3. The number of benzene rings is 3. The van der Waals surface area contributed by atoms with Gasteiger partial charge in [-0.25, -0.2) is 0 Å². The third-order valence-corrected chi connectivity index (χ3v) is 4.52. The second kappa shape index (κ2) is 6.60. The van der Waals surface area contributed by atoms with Crippen LogP contribution in [-0.4, -0.2) is 4.57 Å². The second-order valence-corrected chi connectivity index (χ2v) is 6.27. The van der Waals surface area contributed by atoms with Gasteiger partial charge in [0.15, 0.2) is 0 Å². The molecule has 3 heteroatoms. The Morgan fingerprint density at radius 2 is 1.46 bits per heavy atom. The average molecular weight is 345 g/mol. The number of fused-ring (bicyclic) bond motifs is 1. The van der Waals surface area contributed by atoms with E-state index >= 15 is 0 Å². The van der Waals surface area contributed by atoms with E-state index in [1.165, 1.54) is 0 Å². The van der Waals surface area contributed by atoms with Gasteiger partial charge < -0.3 is 4.57 Å². The highest BCUT2D eigenvalue weighted by molar-refractivity contribution is 5.98. The molecule has 0 aliphatic heterocycles. The van der Waals surface area contributed by atoms with Crippen molar-refractivity contribution in [3.05, 3.63) is 108 Å². The quantitative estimate of drug-likeness (QED) is 0.394. The lowest BCUT2D eigenvalue weighted by Gasteiger charge is -2.06. The van der Waals surface area contributed by atoms with Gasteiger partial charge >= 0.3 is 0 Å². The molecule has 128 valence electrons. The van der Waals surface area contributed by atoms with Crippen molar-refractivity contribution in [3.8, 4) is 5.69 Å². The molecule has 1 heterocycles. The predicted molar refractivity (Wildman–Crippen MR) is 103 cm³/mol. The molecule has 4 rings (SSSR count). The molecular formula is C23H17F2N. The minimum Gasteiger partial charge on any atom is -0.316 e. The molecule has 0 saturated carbocycles. The van der Waals surface area contributed by atoms with Crippen LogP contribution in [0.3, 0.4) is 0 Å². The van der Waals surface area contributed by atoms with Crippen LogP contribution >= 0.6 is 0 Å². The van der Waals surface area contributed by atoms with Crippen LogP contribution in [0.25, 0.3) is 22.2 Å². The molecule has 3 aromatic carbocycles. The lowest BCUT2D eigenvalue weighted by Crippen LogP contribution is -1.91. The number of aryl methyl sites for hydroxylation is 1. The van der Waals surface area contributed by atoms with E-state index < -0.39 is 6.08 Å². The van der Waals surface area contributed by atoms with Gasteiger partial charge in [-0.3, -0.25) is 0 Å². The average Bonchev–Trinajstić information content (AvgIpc) is 3.02. The molecule has 0 saturated heterocycles. The van der Waals surface area contributed by atoms with E-state index in [4.69, 9.17) is 0 Å². The first-order chi connectivity index (χ1) is 12.6. The molecule has 26 heavy (non-hydrogen) atoms. The second-order valence-electron chi connectivity index (χ2n) is 6.27. The zero-order valence-electron chi connectivity index (χ0n) is 14.3. The SMILES string of the molecule is Cc1ccc2c(c1)c(C(=C(F)F)c1ccccc1)cn2-c1ccccc1. The van der Waals surface area contributed by atoms with Crippen molar-refractivity contribution in [1.82, 2.24) is 4.57 Å². The third-order valence-electron chi connectivity index (χ3n) is 4.52. The van der Waals surface area contributed by atoms with Gasteiger partial charge in [-0.15, -0.1) is 0 Å². The molecule has 0 radical (unpaired) electrons. The van der Waals surface area contributed by atoms with Crippen LogP contribution in [0.4, 0.5) is 8.78 Å². The van der Waals surface area contributed by atoms with Crippen molar-refractivity contribution in [3.63, 3.8) is 0 Å². The molecule has 0 amide bonds. The summed E-state index contributed by atoms with van der Waals surface area (Å²) in [4.78, 5) is 0. The number of rotatable bonds is 3. The topological polar surface area (TPSA) is 4.93 Å². The van der Waals surface area contributed by atoms with Crippen LogP contribution in [0.5, 0.6) is 0 Å². The van der Waals surface area contributed by atoms with Crippen LogP contribution in [-0.2, 0) is 0 Å². The normalized spacial score (nSPS) is 10.9. The summed E-state index contributed by atoms with van der Waals surface area (Å²) in [6.45, 7) is 1.97. The highest BCUT2D eigenvalue weighted by Gasteiger charge is 2.19. The van der Waals surface area contributed by atoms with Gasteiger partial charge in [0.2, 0.25) is 0 Å². The summed E-state index contributed by atoms with van der Waals surface area (Å²) < 4.78 is 29.9. The number of para-hydroxylation sites is 1. The Morgan fingerprint density at radius 1 is 0.808 bits per heavy atom. The summed E-state index contributed by atoms with van der Waals surface area (Å²) in [6, 6.07) is 24.6. The van der Waals surface area contributed by atoms with E-state index in [0.717, 1.165) is 22.2 Å². The van der Waals surface area contributed by atoms with Crippen molar-refractivity contribution in [2.24, 2.45) is 0 Å². The molecule has 1 aromatic heterocycles. The van der Waals surface area contributed by atoms with Crippen LogP contribution in [0, 0.1) is 6.92 Å². The summed E-state index contributed by atoms with van der Waals surface area (Å²) in [5, 5.41) is 0.820. The van der Waals surface area contributed by atoms with Gasteiger partial charge in [-0.1, -0.05) is 60.2 Å². The summed E-state index contributed by atoms with van der Waals surface area (Å²) in [7, 11) is 0. The van der Waals surface area contributed by atoms with E-state index in [-0.39, 0.29) is 5.57 Å². The summed E-state index contributed by atoms with van der Waals surface area (Å²) in [5.74, 6) is 0. The zero-order chi connectivity index (χ0) is 18.1. The molecule has 4 aromatic rings. The fraction of sp³-hybridized carbons (Fsp3) is 0.0435. The summed E-state index contributed by atoms with van der Waals surface area (Å²) >= 11 is 0. The minimum absolute atomic E-state index is 0.0177. The molecule has 0 spiro atoms. The van der Waals surface area contributed by atoms with E-state index in [0.29, 0.717) is 11.1 Å². The Balaban J connectivity index is 2.04. The highest BCUT2D eigenvalue weighted by atomic mass is 19.3. The van der Waals surface area contributed by atoms with E-state index in [2.05, 4.69) is 0 Å². The first-order valence-electron chi connectivity index (χ1n) is 8.43. The molecule has 0 atom stereocenters. The monoisotopic (exact) mass is 345 g/mol. The first-order valence-corrected chi connectivity index (χ1v) is 8.43. The van der Waals surface area contributed by atoms with Gasteiger partial charge in [0.25, 0.3) is 6.08 Å². The maximum absolute atomic E-state index is 14.0. The lowest BCUT2D eigenvalue weighted by molar-refractivity contribution is 0.426. The molecule has 0 bridgehead atoms. The fourth-order valence-corrected chi connectivity index (χ4v) is 3.32. The Hall–Kier alpha value is -3.20. The van der Waals surface area contributed by atoms with Crippen LogP contribution in [0.2, 0.25) is 0 Å². The minimum atomic E-state index is -1.68. The molecule has 1 nitrogen and oxygen atoms in total. The van der Waals surface area contributed by atoms with Gasteiger partial charge in [0, 0.05) is 22.8 Å². The van der Waals surface area contributed by atoms with Crippen LogP contribution < -0.4 is 0 Å². The predicted octanol–water partition coefficient (Wildman–Crippen LogP) is 6.59. The molecular weight excluding hydrogens is 328 g/mol. The highest BCUT2D eigenvalue weighted by Crippen LogP contribution is 2.36. The van der Waals surface area contributed by atoms with Crippen molar-refractivity contribution in [1.29, 1.82) is 0 Å². The number of hydrogen-bond acceptors (Lipinski definition) is 0. The molecule has 0 aliphatic rings. The molecule has 0 N–H and O–H groups in total. The number of nitrogens with zero attached hydrogens (tertiary/aromatic N) is 1. The first kappa shape index (κ1) is 16.3. The van der Waals surface area contributed by atoms with E-state index in [9.17, 15) is 8.78 Å². The number of aromatic nitrogens is 1. The Morgan fingerprint density at radius 3 is 2.12 bits per heavy atom. The third kappa shape index (κ3) is 2.82. The number of hydrogen-bond donors (Lipinski definition) is 0. The van der Waals surface area contributed by atoms with Crippen LogP contribution in [0.1, 0.15) is 16.7 Å². The lowest BCUT2D eigenvalue weighted by atomic mass is 9.98. The molecule has 0 fully saturated rings. The van der Waals surface area contributed by atoms with Crippen molar-refractivity contribution < 1.29 is 8.78 Å². The van der Waals surface area contributed by atoms with Crippen molar-refractivity contribution in [2.75, 3.05) is 0 Å². The fourth-order valence-electron chi connectivity index (χ4n) is 3.32. The Kier molecular flexibility index (Phi) is 4.13. The molecule has 0 unspecified atom stereocenters. The Labute approximate surface area is 150 Å². The largest absolute Gasteiger partial charge is 0.316 e. The molecule has 0 aliphatic carbocycles. The van der Waals surface area contributed by atoms with Crippen LogP contribution in [0.15, 0.2) is 91.1 Å². The van der Waals surface area contributed by atoms with Gasteiger partial charge in [0.1, 0.15) is 0 Å². The van der Waals surface area contributed by atoms with E-state index in [1.807, 2.05) is 66.1 Å². The standard InChI is InChI=1S/C23H17F2N/c1-16-12-13-21-19(14-16)20(15-26(21)18-10-6-3-7-11-18)22(23(24)25)17-8-4-2-5-9-17/h2-15H,1H3. The number of halogens is 2. The summed E-state index contributed by atoms with van der Waals surface area (Å²) in [5.41, 5.74) is 3.93. The van der Waals surface area contributed by atoms with Crippen molar-refractivity contribution >= 4 is 16.5 Å². The van der Waals surface area contributed by atoms with Gasteiger partial charge in [0.05, 0.1) is 11.1 Å². The van der Waals surface area contributed by atoms with Crippen molar-refractivity contribution in [2.45, 2.75) is 6.92 Å².